The molecule has 208 valence electrons. The monoisotopic (exact) mass is 557 g/mol. The summed E-state index contributed by atoms with van der Waals surface area (Å²) in [6, 6.07) is 4.62. The quantitative estimate of drug-likeness (QED) is 0.395. The summed E-state index contributed by atoms with van der Waals surface area (Å²) in [6.45, 7) is 9.77. The first-order chi connectivity index (χ1) is 18.4. The number of hydrogen-bond donors (Lipinski definition) is 3. The van der Waals surface area contributed by atoms with Crippen molar-refractivity contribution in [3.63, 3.8) is 0 Å². The lowest BCUT2D eigenvalue weighted by Gasteiger charge is -2.22. The predicted octanol–water partition coefficient (Wildman–Crippen LogP) is 5.14. The standard InChI is InChI=1S/C26H32ClN7O5/c1-15(2)38-24(36)31-18-11-28-22-32-21(14-34(22)13-18)19-10-16(6-7-20(19)27)29-23(35)33-9-8-17(12-33)30-25(37)39-26(3,4)5/h6-7,10-11,13-15,17H,8-9,12H2,1-5H3,(H,29,35)(H,30,37)(H,31,36). The molecule has 0 radical (unpaired) electrons. The maximum Gasteiger partial charge on any atom is 0.411 e. The number of amides is 4. The molecule has 1 unspecified atom stereocenters. The Morgan fingerprint density at radius 1 is 1.10 bits per heavy atom. The van der Waals surface area contributed by atoms with Gasteiger partial charge in [-0.05, 0) is 59.2 Å². The Bertz CT molecular complexity index is 1380. The largest absolute Gasteiger partial charge is 0.447 e. The van der Waals surface area contributed by atoms with Crippen molar-refractivity contribution in [3.05, 3.63) is 41.8 Å². The summed E-state index contributed by atoms with van der Waals surface area (Å²) in [4.78, 5) is 47.3. The van der Waals surface area contributed by atoms with Crippen LogP contribution in [0.15, 0.2) is 36.8 Å². The minimum absolute atomic E-state index is 0.191. The van der Waals surface area contributed by atoms with Crippen LogP contribution in [0, 0.1) is 0 Å². The predicted molar refractivity (Wildman–Crippen MR) is 147 cm³/mol. The second-order valence-electron chi connectivity index (χ2n) is 10.5. The van der Waals surface area contributed by atoms with Crippen LogP contribution in [0.5, 0.6) is 0 Å². The van der Waals surface area contributed by atoms with Crippen LogP contribution < -0.4 is 16.0 Å². The summed E-state index contributed by atoms with van der Waals surface area (Å²) in [6.07, 6.45) is 4.15. The SMILES string of the molecule is CC(C)OC(=O)Nc1cnc2nc(-c3cc(NC(=O)N4CCC(NC(=O)OC(C)(C)C)C4)ccc3Cl)cn2c1. The van der Waals surface area contributed by atoms with Gasteiger partial charge in [0.1, 0.15) is 5.60 Å². The van der Waals surface area contributed by atoms with E-state index in [1.165, 1.54) is 6.20 Å². The van der Waals surface area contributed by atoms with Gasteiger partial charge in [-0.25, -0.2) is 24.4 Å². The van der Waals surface area contributed by atoms with Gasteiger partial charge in [-0.15, -0.1) is 0 Å². The molecular formula is C26H32ClN7O5. The number of anilines is 2. The van der Waals surface area contributed by atoms with Gasteiger partial charge in [0.15, 0.2) is 0 Å². The fourth-order valence-corrected chi connectivity index (χ4v) is 4.19. The number of fused-ring (bicyclic) bond motifs is 1. The van der Waals surface area contributed by atoms with E-state index in [2.05, 4.69) is 25.9 Å². The van der Waals surface area contributed by atoms with E-state index in [9.17, 15) is 14.4 Å². The van der Waals surface area contributed by atoms with Crippen LogP contribution in [0.25, 0.3) is 17.0 Å². The molecule has 4 rings (SSSR count). The lowest BCUT2D eigenvalue weighted by atomic mass is 10.1. The molecule has 1 aliphatic rings. The lowest BCUT2D eigenvalue weighted by Crippen LogP contribution is -2.42. The zero-order valence-electron chi connectivity index (χ0n) is 22.4. The van der Waals surface area contributed by atoms with Crippen LogP contribution in [0.1, 0.15) is 41.0 Å². The van der Waals surface area contributed by atoms with Crippen LogP contribution >= 0.6 is 11.6 Å². The van der Waals surface area contributed by atoms with Crippen LogP contribution in [0.3, 0.4) is 0 Å². The number of likely N-dealkylation sites (tertiary alicyclic amines) is 1. The van der Waals surface area contributed by atoms with Gasteiger partial charge >= 0.3 is 18.2 Å². The van der Waals surface area contributed by atoms with Gasteiger partial charge in [-0.1, -0.05) is 11.6 Å². The molecule has 1 aromatic carbocycles. The highest BCUT2D eigenvalue weighted by Crippen LogP contribution is 2.30. The molecule has 1 fully saturated rings. The smallest absolute Gasteiger partial charge is 0.411 e. The van der Waals surface area contributed by atoms with E-state index in [4.69, 9.17) is 21.1 Å². The first-order valence-corrected chi connectivity index (χ1v) is 12.9. The fourth-order valence-electron chi connectivity index (χ4n) is 3.98. The van der Waals surface area contributed by atoms with E-state index in [1.807, 2.05) is 0 Å². The number of hydrogen-bond acceptors (Lipinski definition) is 7. The maximum atomic E-state index is 12.9. The molecule has 0 bridgehead atoms. The van der Waals surface area contributed by atoms with E-state index < -0.39 is 17.8 Å². The molecule has 1 aliphatic heterocycles. The van der Waals surface area contributed by atoms with Crippen molar-refractivity contribution in [1.29, 1.82) is 0 Å². The number of benzene rings is 1. The number of carbonyl (C=O) groups excluding carboxylic acids is 3. The molecule has 3 N–H and O–H groups in total. The molecule has 1 saturated heterocycles. The average Bonchev–Trinajstić information content (AvgIpc) is 3.45. The summed E-state index contributed by atoms with van der Waals surface area (Å²) in [5, 5.41) is 8.77. The Hall–Kier alpha value is -4.06. The second-order valence-corrected chi connectivity index (χ2v) is 10.9. The van der Waals surface area contributed by atoms with Crippen molar-refractivity contribution in [2.45, 2.75) is 58.8 Å². The van der Waals surface area contributed by atoms with Crippen molar-refractivity contribution in [1.82, 2.24) is 24.6 Å². The lowest BCUT2D eigenvalue weighted by molar-refractivity contribution is 0.0506. The summed E-state index contributed by atoms with van der Waals surface area (Å²) in [5.74, 6) is 0.402. The molecule has 0 spiro atoms. The van der Waals surface area contributed by atoms with Crippen molar-refractivity contribution in [2.24, 2.45) is 0 Å². The minimum Gasteiger partial charge on any atom is -0.447 e. The summed E-state index contributed by atoms with van der Waals surface area (Å²) in [5.41, 5.74) is 1.51. The van der Waals surface area contributed by atoms with Gasteiger partial charge in [-0.3, -0.25) is 9.72 Å². The highest BCUT2D eigenvalue weighted by atomic mass is 35.5. The number of nitrogens with zero attached hydrogens (tertiary/aromatic N) is 4. The molecule has 13 heteroatoms. The summed E-state index contributed by atoms with van der Waals surface area (Å²) in [7, 11) is 0. The van der Waals surface area contributed by atoms with E-state index in [1.54, 1.807) is 74.5 Å². The van der Waals surface area contributed by atoms with E-state index in [-0.39, 0.29) is 18.2 Å². The topological polar surface area (TPSA) is 139 Å². The number of nitrogens with one attached hydrogen (secondary N) is 3. The molecular weight excluding hydrogens is 526 g/mol. The van der Waals surface area contributed by atoms with Gasteiger partial charge in [0.25, 0.3) is 0 Å². The molecule has 39 heavy (non-hydrogen) atoms. The maximum absolute atomic E-state index is 12.9. The average molecular weight is 558 g/mol. The molecule has 0 saturated carbocycles. The third-order valence-electron chi connectivity index (χ3n) is 5.59. The normalized spacial score (nSPS) is 15.4. The summed E-state index contributed by atoms with van der Waals surface area (Å²) >= 11 is 6.47. The second kappa shape index (κ2) is 11.4. The zero-order valence-corrected chi connectivity index (χ0v) is 23.2. The highest BCUT2D eigenvalue weighted by molar-refractivity contribution is 6.33. The fraction of sp³-hybridized carbons (Fsp3) is 0.423. The van der Waals surface area contributed by atoms with Gasteiger partial charge in [0, 0.05) is 36.7 Å². The number of aromatic nitrogens is 3. The van der Waals surface area contributed by atoms with Crippen LogP contribution in [0.2, 0.25) is 5.02 Å². The number of urea groups is 1. The van der Waals surface area contributed by atoms with Gasteiger partial charge in [0.05, 0.1) is 34.7 Å². The van der Waals surface area contributed by atoms with Crippen LogP contribution in [-0.2, 0) is 9.47 Å². The van der Waals surface area contributed by atoms with Crippen molar-refractivity contribution in [2.75, 3.05) is 23.7 Å². The number of ether oxygens (including phenoxy) is 2. The molecule has 12 nitrogen and oxygen atoms in total. The number of halogens is 1. The zero-order chi connectivity index (χ0) is 28.3. The molecule has 0 aliphatic carbocycles. The van der Waals surface area contributed by atoms with Gasteiger partial charge in [0.2, 0.25) is 5.78 Å². The first-order valence-electron chi connectivity index (χ1n) is 12.5. The van der Waals surface area contributed by atoms with E-state index in [0.717, 1.165) is 0 Å². The van der Waals surface area contributed by atoms with Crippen molar-refractivity contribution in [3.8, 4) is 11.3 Å². The summed E-state index contributed by atoms with van der Waals surface area (Å²) < 4.78 is 12.1. The molecule has 1 atom stereocenters. The van der Waals surface area contributed by atoms with Crippen molar-refractivity contribution >= 4 is 47.0 Å². The van der Waals surface area contributed by atoms with Crippen molar-refractivity contribution < 1.29 is 23.9 Å². The minimum atomic E-state index is -0.594. The molecule has 4 amide bonds. The third kappa shape index (κ3) is 7.50. The van der Waals surface area contributed by atoms with Gasteiger partial charge < -0.3 is 25.0 Å². The Balaban J connectivity index is 1.42. The van der Waals surface area contributed by atoms with E-state index in [0.29, 0.717) is 52.9 Å². The Morgan fingerprint density at radius 3 is 2.59 bits per heavy atom. The number of rotatable bonds is 5. The number of imidazole rings is 1. The Morgan fingerprint density at radius 2 is 1.87 bits per heavy atom. The number of carbonyl (C=O) groups is 3. The molecule has 3 aromatic rings. The van der Waals surface area contributed by atoms with E-state index >= 15 is 0 Å². The Kier molecular flexibility index (Phi) is 8.14. The highest BCUT2D eigenvalue weighted by Gasteiger charge is 2.29. The Labute approximate surface area is 231 Å². The van der Waals surface area contributed by atoms with Crippen LogP contribution in [0.4, 0.5) is 25.8 Å². The van der Waals surface area contributed by atoms with Gasteiger partial charge in [-0.2, -0.15) is 0 Å². The molecule has 3 heterocycles. The first kappa shape index (κ1) is 28.0. The molecule has 2 aromatic heterocycles. The third-order valence-corrected chi connectivity index (χ3v) is 5.92. The number of alkyl carbamates (subject to hydrolysis) is 1. The van der Waals surface area contributed by atoms with Crippen LogP contribution in [-0.4, -0.2) is 68.3 Å².